The molecule has 0 radical (unpaired) electrons. The van der Waals surface area contributed by atoms with Crippen LogP contribution in [-0.4, -0.2) is 53.5 Å². The predicted octanol–water partition coefficient (Wildman–Crippen LogP) is -0.422. The minimum Gasteiger partial charge on any atom is -0.326 e. The van der Waals surface area contributed by atoms with E-state index in [0.29, 0.717) is 12.5 Å². The summed E-state index contributed by atoms with van der Waals surface area (Å²) in [6, 6.07) is -0.922. The minimum absolute atomic E-state index is 0.317. The number of urea groups is 1. The summed E-state index contributed by atoms with van der Waals surface area (Å²) in [4.78, 5) is 31.3. The molecular weight excluding hydrogens is 260 g/mol. The van der Waals surface area contributed by atoms with Gasteiger partial charge in [-0.3, -0.25) is 15.5 Å². The van der Waals surface area contributed by atoms with Crippen LogP contribution < -0.4 is 16.6 Å². The first-order valence-corrected chi connectivity index (χ1v) is 6.98. The van der Waals surface area contributed by atoms with Gasteiger partial charge in [0.25, 0.3) is 5.91 Å². The van der Waals surface area contributed by atoms with E-state index < -0.39 is 18.2 Å². The van der Waals surface area contributed by atoms with Crippen LogP contribution in [0.2, 0.25) is 0 Å². The molecule has 0 saturated carbocycles. The van der Waals surface area contributed by atoms with Crippen molar-refractivity contribution in [2.75, 3.05) is 13.6 Å². The number of fused-ring (bicyclic) bond motifs is 1. The molecular formula is C12H22N6O2. The summed E-state index contributed by atoms with van der Waals surface area (Å²) in [6.45, 7) is 2.84. The molecule has 0 aromatic heterocycles. The van der Waals surface area contributed by atoms with Crippen LogP contribution in [0.15, 0.2) is 4.99 Å². The van der Waals surface area contributed by atoms with Crippen molar-refractivity contribution in [1.82, 2.24) is 20.5 Å². The van der Waals surface area contributed by atoms with Gasteiger partial charge in [-0.25, -0.2) is 15.6 Å². The predicted molar refractivity (Wildman–Crippen MR) is 74.5 cm³/mol. The van der Waals surface area contributed by atoms with Crippen LogP contribution in [0, 0.1) is 0 Å². The highest BCUT2D eigenvalue weighted by molar-refractivity contribution is 6.03. The Morgan fingerprint density at radius 3 is 2.75 bits per heavy atom. The largest absolute Gasteiger partial charge is 0.326 e. The lowest BCUT2D eigenvalue weighted by Gasteiger charge is -2.36. The van der Waals surface area contributed by atoms with Gasteiger partial charge in [0.2, 0.25) is 5.96 Å². The highest BCUT2D eigenvalue weighted by atomic mass is 16.2. The van der Waals surface area contributed by atoms with E-state index in [1.165, 1.54) is 4.90 Å². The lowest BCUT2D eigenvalue weighted by molar-refractivity contribution is -0.127. The Labute approximate surface area is 118 Å². The number of hydrogen-bond donors (Lipinski definition) is 3. The number of rotatable bonds is 5. The Balaban J connectivity index is 2.09. The molecule has 3 amide bonds. The fraction of sp³-hybridized carbons (Fsp3) is 0.750. The first-order chi connectivity index (χ1) is 9.60. The van der Waals surface area contributed by atoms with Crippen molar-refractivity contribution in [2.24, 2.45) is 10.8 Å². The molecule has 2 atom stereocenters. The molecule has 1 fully saturated rings. The number of nitrogens with one attached hydrogen (secondary N) is 2. The second-order valence-electron chi connectivity index (χ2n) is 5.11. The monoisotopic (exact) mass is 282 g/mol. The van der Waals surface area contributed by atoms with Gasteiger partial charge >= 0.3 is 6.03 Å². The number of aliphatic imine (C=N–C) groups is 1. The highest BCUT2D eigenvalue weighted by Gasteiger charge is 2.48. The molecule has 20 heavy (non-hydrogen) atoms. The first-order valence-electron chi connectivity index (χ1n) is 6.98. The van der Waals surface area contributed by atoms with Crippen molar-refractivity contribution in [3.63, 3.8) is 0 Å². The summed E-state index contributed by atoms with van der Waals surface area (Å²) in [5.41, 5.74) is 2.53. The van der Waals surface area contributed by atoms with Crippen LogP contribution in [0.25, 0.3) is 0 Å². The van der Waals surface area contributed by atoms with Crippen molar-refractivity contribution in [3.05, 3.63) is 0 Å². The van der Waals surface area contributed by atoms with Crippen LogP contribution in [0.5, 0.6) is 0 Å². The van der Waals surface area contributed by atoms with Crippen molar-refractivity contribution in [2.45, 2.75) is 44.8 Å². The number of carbonyl (C=O) groups excluding carboxylic acids is 2. The average molecular weight is 282 g/mol. The number of nitrogens with two attached hydrogens (primary N) is 1. The van der Waals surface area contributed by atoms with Gasteiger partial charge in [-0.15, -0.1) is 0 Å². The van der Waals surface area contributed by atoms with Gasteiger partial charge in [0.15, 0.2) is 12.2 Å². The van der Waals surface area contributed by atoms with Crippen molar-refractivity contribution in [3.8, 4) is 0 Å². The van der Waals surface area contributed by atoms with E-state index in [0.717, 1.165) is 25.7 Å². The summed E-state index contributed by atoms with van der Waals surface area (Å²) in [7, 11) is 1.62. The summed E-state index contributed by atoms with van der Waals surface area (Å²) >= 11 is 0. The van der Waals surface area contributed by atoms with Gasteiger partial charge in [0.05, 0.1) is 0 Å². The molecule has 0 aromatic carbocycles. The van der Waals surface area contributed by atoms with E-state index in [9.17, 15) is 9.59 Å². The van der Waals surface area contributed by atoms with Gasteiger partial charge in [-0.05, 0) is 6.42 Å². The molecule has 2 unspecified atom stereocenters. The van der Waals surface area contributed by atoms with E-state index >= 15 is 0 Å². The zero-order valence-corrected chi connectivity index (χ0v) is 11.9. The standard InChI is InChI=1S/C12H22N6O2/c1-3-4-5-6-7-18-8-9(14-11(18)16-13)17(2)12(20)15-10(8)19/h8-9H,3-7,13H2,1-2H3,(H,14,16)(H,15,19,20). The maximum absolute atomic E-state index is 12.1. The normalized spacial score (nSPS) is 25.4. The molecule has 2 heterocycles. The molecule has 4 N–H and O–H groups in total. The SMILES string of the molecule is CCCCCCN1C(NN)=NC2C1C(=O)NC(=O)N2C. The minimum atomic E-state index is -0.506. The quantitative estimate of drug-likeness (QED) is 0.361. The number of imide groups is 1. The lowest BCUT2D eigenvalue weighted by atomic mass is 10.1. The number of amides is 3. The van der Waals surface area contributed by atoms with Crippen LogP contribution in [0.3, 0.4) is 0 Å². The summed E-state index contributed by atoms with van der Waals surface area (Å²) in [6.07, 6.45) is 3.87. The van der Waals surface area contributed by atoms with E-state index in [4.69, 9.17) is 5.84 Å². The maximum atomic E-state index is 12.1. The van der Waals surface area contributed by atoms with Crippen molar-refractivity contribution < 1.29 is 9.59 Å². The lowest BCUT2D eigenvalue weighted by Crippen LogP contribution is -2.64. The highest BCUT2D eigenvalue weighted by Crippen LogP contribution is 2.23. The molecule has 1 saturated heterocycles. The molecule has 0 spiro atoms. The van der Waals surface area contributed by atoms with Crippen LogP contribution in [0.4, 0.5) is 4.79 Å². The van der Waals surface area contributed by atoms with Crippen LogP contribution in [-0.2, 0) is 4.79 Å². The average Bonchev–Trinajstić information content (AvgIpc) is 2.80. The molecule has 0 bridgehead atoms. The third-order valence-electron chi connectivity index (χ3n) is 3.74. The number of nitrogens with zero attached hydrogens (tertiary/aromatic N) is 3. The number of carbonyl (C=O) groups is 2. The van der Waals surface area contributed by atoms with Gasteiger partial charge in [-0.2, -0.15) is 0 Å². The van der Waals surface area contributed by atoms with Crippen molar-refractivity contribution >= 4 is 17.9 Å². The maximum Gasteiger partial charge on any atom is 0.325 e. The summed E-state index contributed by atoms with van der Waals surface area (Å²) < 4.78 is 0. The molecule has 0 aromatic rings. The molecule has 0 aliphatic carbocycles. The molecule has 2 aliphatic heterocycles. The van der Waals surface area contributed by atoms with E-state index in [2.05, 4.69) is 22.7 Å². The van der Waals surface area contributed by atoms with Gasteiger partial charge < -0.3 is 9.80 Å². The summed E-state index contributed by atoms with van der Waals surface area (Å²) in [5, 5.41) is 2.34. The molecule has 8 heteroatoms. The zero-order valence-electron chi connectivity index (χ0n) is 11.9. The fourth-order valence-corrected chi connectivity index (χ4v) is 2.60. The molecule has 2 rings (SSSR count). The van der Waals surface area contributed by atoms with E-state index in [1.54, 1.807) is 7.05 Å². The smallest absolute Gasteiger partial charge is 0.325 e. The Morgan fingerprint density at radius 1 is 1.35 bits per heavy atom. The number of hydrazine groups is 1. The Hall–Kier alpha value is -1.83. The first kappa shape index (κ1) is 14.6. The molecule has 8 nitrogen and oxygen atoms in total. The van der Waals surface area contributed by atoms with Gasteiger partial charge in [-0.1, -0.05) is 26.2 Å². The van der Waals surface area contributed by atoms with Crippen LogP contribution >= 0.6 is 0 Å². The Bertz CT molecular complexity index is 424. The number of likely N-dealkylation sites (N-methyl/N-ethyl adjacent to an activating group) is 1. The van der Waals surface area contributed by atoms with Gasteiger partial charge in [0.1, 0.15) is 0 Å². The molecule has 2 aliphatic rings. The third-order valence-corrected chi connectivity index (χ3v) is 3.74. The topological polar surface area (TPSA) is 103 Å². The Kier molecular flexibility index (Phi) is 4.43. The number of guanidine groups is 1. The zero-order chi connectivity index (χ0) is 14.7. The third kappa shape index (κ3) is 2.55. The Morgan fingerprint density at radius 2 is 2.10 bits per heavy atom. The second-order valence-corrected chi connectivity index (χ2v) is 5.11. The van der Waals surface area contributed by atoms with Crippen molar-refractivity contribution in [1.29, 1.82) is 0 Å². The fourth-order valence-electron chi connectivity index (χ4n) is 2.60. The molecule has 112 valence electrons. The summed E-state index contributed by atoms with van der Waals surface area (Å²) in [5.74, 6) is 5.63. The number of hydrogen-bond acceptors (Lipinski definition) is 6. The van der Waals surface area contributed by atoms with E-state index in [-0.39, 0.29) is 5.91 Å². The van der Waals surface area contributed by atoms with E-state index in [1.807, 2.05) is 4.90 Å². The van der Waals surface area contributed by atoms with Gasteiger partial charge in [0, 0.05) is 13.6 Å². The number of unbranched alkanes of at least 4 members (excludes halogenated alkanes) is 3. The van der Waals surface area contributed by atoms with Crippen LogP contribution in [0.1, 0.15) is 32.6 Å². The second kappa shape index (κ2) is 6.08.